The van der Waals surface area contributed by atoms with Gasteiger partial charge in [0.2, 0.25) is 0 Å². The van der Waals surface area contributed by atoms with Crippen molar-refractivity contribution >= 4 is 22.1 Å². The third-order valence-corrected chi connectivity index (χ3v) is 2.46. The Morgan fingerprint density at radius 2 is 1.89 bits per heavy atom. The van der Waals surface area contributed by atoms with Crippen molar-refractivity contribution in [2.75, 3.05) is 0 Å². The maximum atomic E-state index is 11.5. The van der Waals surface area contributed by atoms with Gasteiger partial charge in [-0.05, 0) is 32.9 Å². The Morgan fingerprint density at radius 1 is 1.33 bits per heavy atom. The number of hydrogen-bond acceptors (Lipinski definition) is 3. The second-order valence-corrected chi connectivity index (χ2v) is 5.60. The van der Waals surface area contributed by atoms with Crippen LogP contribution in [0.3, 0.4) is 0 Å². The van der Waals surface area contributed by atoms with E-state index in [0.717, 1.165) is 10.0 Å². The molecular formula is C14H15BrO3. The minimum absolute atomic E-state index is 0.601. The molecule has 0 N–H and O–H groups in total. The Bertz CT molecular complexity index is 451. The van der Waals surface area contributed by atoms with Gasteiger partial charge in [0.05, 0.1) is 0 Å². The molecule has 0 bridgehead atoms. The maximum absolute atomic E-state index is 11.5. The monoisotopic (exact) mass is 310 g/mol. The average molecular weight is 311 g/mol. The minimum Gasteiger partial charge on any atom is -0.429 e. The van der Waals surface area contributed by atoms with Crippen LogP contribution in [0.15, 0.2) is 28.7 Å². The molecular weight excluding hydrogens is 296 g/mol. The smallest absolute Gasteiger partial charge is 0.429 e. The van der Waals surface area contributed by atoms with E-state index < -0.39 is 17.9 Å². The van der Waals surface area contributed by atoms with Crippen LogP contribution in [0.4, 0.5) is 4.79 Å². The second kappa shape index (κ2) is 5.92. The fraction of sp³-hybridized carbons (Fsp3) is 0.357. The van der Waals surface area contributed by atoms with Gasteiger partial charge >= 0.3 is 6.16 Å². The molecule has 0 saturated heterocycles. The molecule has 0 amide bonds. The van der Waals surface area contributed by atoms with E-state index in [1.54, 1.807) is 32.9 Å². The molecule has 0 radical (unpaired) electrons. The number of ether oxygens (including phenoxy) is 2. The lowest BCUT2D eigenvalue weighted by atomic mass is 10.1. The zero-order valence-corrected chi connectivity index (χ0v) is 12.2. The van der Waals surface area contributed by atoms with Gasteiger partial charge in [-0.1, -0.05) is 34.0 Å². The lowest BCUT2D eigenvalue weighted by molar-refractivity contribution is -0.0173. The Balaban J connectivity index is 2.72. The summed E-state index contributed by atoms with van der Waals surface area (Å²) in [6, 6.07) is 7.24. The van der Waals surface area contributed by atoms with Gasteiger partial charge in [-0.2, -0.15) is 0 Å². The molecule has 1 atom stereocenters. The number of benzene rings is 1. The zero-order valence-electron chi connectivity index (χ0n) is 10.6. The van der Waals surface area contributed by atoms with Crippen molar-refractivity contribution < 1.29 is 14.3 Å². The summed E-state index contributed by atoms with van der Waals surface area (Å²) >= 11 is 3.32. The molecule has 1 rings (SSSR count). The Morgan fingerprint density at radius 3 is 2.33 bits per heavy atom. The van der Waals surface area contributed by atoms with E-state index in [2.05, 4.69) is 21.9 Å². The Labute approximate surface area is 116 Å². The van der Waals surface area contributed by atoms with E-state index in [9.17, 15) is 4.79 Å². The Hall–Kier alpha value is -1.47. The van der Waals surface area contributed by atoms with Gasteiger partial charge in [-0.25, -0.2) is 4.79 Å². The highest BCUT2D eigenvalue weighted by Gasteiger charge is 2.21. The molecule has 0 heterocycles. The molecule has 0 aromatic heterocycles. The molecule has 0 aliphatic heterocycles. The molecule has 3 nitrogen and oxygen atoms in total. The summed E-state index contributed by atoms with van der Waals surface area (Å²) in [6.45, 7) is 5.29. The van der Waals surface area contributed by atoms with Gasteiger partial charge in [0.15, 0.2) is 6.10 Å². The molecule has 0 aliphatic carbocycles. The van der Waals surface area contributed by atoms with Crippen LogP contribution in [-0.2, 0) is 9.47 Å². The molecule has 18 heavy (non-hydrogen) atoms. The van der Waals surface area contributed by atoms with E-state index in [1.807, 2.05) is 12.1 Å². The van der Waals surface area contributed by atoms with E-state index in [0.29, 0.717) is 0 Å². The maximum Gasteiger partial charge on any atom is 0.510 e. The third-order valence-electron chi connectivity index (χ3n) is 1.93. The SMILES string of the molecule is C#CC(OC(=O)OC(C)(C)C)c1ccc(Br)cc1. The highest BCUT2D eigenvalue weighted by Crippen LogP contribution is 2.21. The van der Waals surface area contributed by atoms with Gasteiger partial charge in [-0.15, -0.1) is 6.42 Å². The van der Waals surface area contributed by atoms with E-state index in [-0.39, 0.29) is 0 Å². The molecule has 0 aliphatic rings. The van der Waals surface area contributed by atoms with Crippen LogP contribution < -0.4 is 0 Å². The summed E-state index contributed by atoms with van der Waals surface area (Å²) in [5, 5.41) is 0. The van der Waals surface area contributed by atoms with Crippen molar-refractivity contribution in [3.05, 3.63) is 34.3 Å². The van der Waals surface area contributed by atoms with Crippen LogP contribution in [0, 0.1) is 12.3 Å². The first kappa shape index (κ1) is 14.6. The van der Waals surface area contributed by atoms with Crippen molar-refractivity contribution in [2.45, 2.75) is 32.5 Å². The molecule has 1 aromatic carbocycles. The largest absolute Gasteiger partial charge is 0.510 e. The van der Waals surface area contributed by atoms with E-state index in [1.165, 1.54) is 0 Å². The van der Waals surface area contributed by atoms with Crippen LogP contribution in [0.5, 0.6) is 0 Å². The van der Waals surface area contributed by atoms with Crippen molar-refractivity contribution in [1.82, 2.24) is 0 Å². The van der Waals surface area contributed by atoms with E-state index in [4.69, 9.17) is 15.9 Å². The molecule has 0 saturated carbocycles. The van der Waals surface area contributed by atoms with Crippen LogP contribution in [0.25, 0.3) is 0 Å². The summed E-state index contributed by atoms with van der Waals surface area (Å²) < 4.78 is 11.1. The number of hydrogen-bond donors (Lipinski definition) is 0. The highest BCUT2D eigenvalue weighted by molar-refractivity contribution is 9.10. The lowest BCUT2D eigenvalue weighted by Gasteiger charge is -2.20. The van der Waals surface area contributed by atoms with Crippen molar-refractivity contribution in [1.29, 1.82) is 0 Å². The average Bonchev–Trinajstić information content (AvgIpc) is 2.25. The fourth-order valence-corrected chi connectivity index (χ4v) is 1.47. The van der Waals surface area contributed by atoms with Gasteiger partial charge in [0.25, 0.3) is 0 Å². The molecule has 0 spiro atoms. The summed E-state index contributed by atoms with van der Waals surface area (Å²) in [4.78, 5) is 11.5. The number of rotatable bonds is 2. The quantitative estimate of drug-likeness (QED) is 0.610. The fourth-order valence-electron chi connectivity index (χ4n) is 1.21. The number of carbonyl (C=O) groups is 1. The molecule has 96 valence electrons. The molecule has 1 aromatic rings. The Kier molecular flexibility index (Phi) is 4.80. The highest BCUT2D eigenvalue weighted by atomic mass is 79.9. The van der Waals surface area contributed by atoms with Gasteiger partial charge in [0.1, 0.15) is 5.60 Å². The topological polar surface area (TPSA) is 35.5 Å². The van der Waals surface area contributed by atoms with Crippen molar-refractivity contribution in [3.63, 3.8) is 0 Å². The summed E-state index contributed by atoms with van der Waals surface area (Å²) in [7, 11) is 0. The standard InChI is InChI=1S/C14H15BrO3/c1-5-12(10-6-8-11(15)9-7-10)17-13(16)18-14(2,3)4/h1,6-9,12H,2-4H3. The van der Waals surface area contributed by atoms with E-state index >= 15 is 0 Å². The first-order valence-corrected chi connectivity index (χ1v) is 6.22. The van der Waals surface area contributed by atoms with Crippen molar-refractivity contribution in [3.8, 4) is 12.3 Å². The van der Waals surface area contributed by atoms with Gasteiger partial charge in [-0.3, -0.25) is 0 Å². The lowest BCUT2D eigenvalue weighted by Crippen LogP contribution is -2.25. The van der Waals surface area contributed by atoms with Crippen LogP contribution in [0.2, 0.25) is 0 Å². The van der Waals surface area contributed by atoms with Crippen LogP contribution >= 0.6 is 15.9 Å². The van der Waals surface area contributed by atoms with Crippen LogP contribution in [0.1, 0.15) is 32.4 Å². The van der Waals surface area contributed by atoms with Gasteiger partial charge in [0, 0.05) is 10.0 Å². The molecule has 1 unspecified atom stereocenters. The van der Waals surface area contributed by atoms with Crippen molar-refractivity contribution in [2.24, 2.45) is 0 Å². The predicted molar refractivity (Wildman–Crippen MR) is 73.0 cm³/mol. The first-order chi connectivity index (χ1) is 8.31. The summed E-state index contributed by atoms with van der Waals surface area (Å²) in [6.07, 6.45) is 3.85. The second-order valence-electron chi connectivity index (χ2n) is 4.68. The third kappa shape index (κ3) is 4.80. The number of terminal acetylenes is 1. The first-order valence-electron chi connectivity index (χ1n) is 5.43. The van der Waals surface area contributed by atoms with Crippen LogP contribution in [-0.4, -0.2) is 11.8 Å². The predicted octanol–water partition coefficient (Wildman–Crippen LogP) is 4.08. The normalized spacial score (nSPS) is 12.4. The zero-order chi connectivity index (χ0) is 13.8. The molecule has 4 heteroatoms. The number of carbonyl (C=O) groups excluding carboxylic acids is 1. The number of halogens is 1. The minimum atomic E-state index is -0.770. The molecule has 0 fully saturated rings. The summed E-state index contributed by atoms with van der Waals surface area (Å²) in [5.74, 6) is 2.42. The van der Waals surface area contributed by atoms with Gasteiger partial charge < -0.3 is 9.47 Å². The summed E-state index contributed by atoms with van der Waals surface area (Å²) in [5.41, 5.74) is 0.127.